The number of hydrogen-bond donors (Lipinski definition) is 0. The van der Waals surface area contributed by atoms with Gasteiger partial charge in [-0.1, -0.05) is 212 Å². The lowest BCUT2D eigenvalue weighted by Gasteiger charge is -2.32. The van der Waals surface area contributed by atoms with E-state index in [4.69, 9.17) is 0 Å². The number of fused-ring (bicyclic) bond motifs is 17. The molecule has 0 unspecified atom stereocenters. The van der Waals surface area contributed by atoms with Crippen molar-refractivity contribution in [3.8, 4) is 45.6 Å². The Balaban J connectivity index is 1.27. The van der Waals surface area contributed by atoms with Crippen LogP contribution in [0.15, 0.2) is 279 Å². The fourth-order valence-corrected chi connectivity index (χ4v) is 14.4. The second kappa shape index (κ2) is 17.3. The largest absolute Gasteiger partial charge is 0.306 e. The molecule has 6 heteroatoms. The Bertz CT molecular complexity index is 5360. The summed E-state index contributed by atoms with van der Waals surface area (Å²) < 4.78 is 13.0. The molecule has 0 saturated heterocycles. The van der Waals surface area contributed by atoms with Crippen LogP contribution in [0.4, 0.5) is 0 Å². The van der Waals surface area contributed by atoms with Crippen LogP contribution in [-0.2, 0) is 0 Å². The Morgan fingerprint density at radius 3 is 0.819 bits per heavy atom. The lowest BCUT2D eigenvalue weighted by atomic mass is 9.94. The van der Waals surface area contributed by atoms with Gasteiger partial charge in [0.1, 0.15) is 0 Å². The van der Waals surface area contributed by atoms with E-state index in [-0.39, 0.29) is 0 Å². The minimum Gasteiger partial charge on any atom is -0.306 e. The standard InChI is InChI=1S/C77H46N6/c78-47-48-41-43-50(44-42-48)71-73(79-62-32-12-3-23-52(62)53-24-4-13-33-63(53)79)75(81-66-36-16-7-27-56(66)57-28-8-17-37-67(57)81)77(83-70-40-20-11-31-60(70)61-46-45-49-21-1-2-22-51(49)72(61)83)76(82-68-38-18-9-29-58(68)59-30-10-19-39-69(59)82)74(71)80-64-34-14-5-25-54(64)55-26-6-15-35-65(55)80/h1-46H. The quantitative estimate of drug-likeness (QED) is 0.164. The summed E-state index contributed by atoms with van der Waals surface area (Å²) in [6.45, 7) is 0. The molecule has 0 aliphatic rings. The van der Waals surface area contributed by atoms with Gasteiger partial charge in [0.05, 0.1) is 95.2 Å². The molecule has 0 radical (unpaired) electrons. The van der Waals surface area contributed by atoms with Gasteiger partial charge >= 0.3 is 0 Å². The summed E-state index contributed by atoms with van der Waals surface area (Å²) in [5.41, 5.74) is 18.3. The molecule has 0 spiro atoms. The van der Waals surface area contributed by atoms with E-state index in [1.165, 1.54) is 0 Å². The monoisotopic (exact) mass is 1050 g/mol. The predicted molar refractivity (Wildman–Crippen MR) is 346 cm³/mol. The van der Waals surface area contributed by atoms with Gasteiger partial charge in [-0.15, -0.1) is 0 Å². The summed E-state index contributed by atoms with van der Waals surface area (Å²) in [5, 5.41) is 24.5. The average Bonchev–Trinajstić information content (AvgIpc) is 2.31. The molecule has 0 bridgehead atoms. The molecule has 0 N–H and O–H groups in total. The molecule has 0 aliphatic heterocycles. The first kappa shape index (κ1) is 45.5. The van der Waals surface area contributed by atoms with Gasteiger partial charge < -0.3 is 22.8 Å². The normalized spacial score (nSPS) is 12.1. The first-order valence-corrected chi connectivity index (χ1v) is 28.3. The summed E-state index contributed by atoms with van der Waals surface area (Å²) in [5.74, 6) is 0. The van der Waals surface area contributed by atoms with Gasteiger partial charge in [0.2, 0.25) is 0 Å². The number of para-hydroxylation sites is 9. The molecular formula is C77H46N6. The van der Waals surface area contributed by atoms with Crippen molar-refractivity contribution in [3.63, 3.8) is 0 Å². The molecule has 6 nitrogen and oxygen atoms in total. The second-order valence-corrected chi connectivity index (χ2v) is 21.8. The summed E-state index contributed by atoms with van der Waals surface area (Å²) in [6.07, 6.45) is 0. The van der Waals surface area contributed by atoms with E-state index in [1.54, 1.807) is 0 Å². The van der Waals surface area contributed by atoms with Crippen molar-refractivity contribution in [2.24, 2.45) is 0 Å². The molecule has 18 rings (SSSR count). The van der Waals surface area contributed by atoms with Crippen LogP contribution < -0.4 is 0 Å². The van der Waals surface area contributed by atoms with Crippen molar-refractivity contribution >= 4 is 120 Å². The van der Waals surface area contributed by atoms with E-state index in [2.05, 4.69) is 296 Å². The maximum absolute atomic E-state index is 10.6. The zero-order valence-corrected chi connectivity index (χ0v) is 44.7. The first-order chi connectivity index (χ1) is 41.2. The minimum atomic E-state index is 0.588. The summed E-state index contributed by atoms with van der Waals surface area (Å²) in [4.78, 5) is 0. The molecule has 384 valence electrons. The van der Waals surface area contributed by atoms with Crippen molar-refractivity contribution in [3.05, 3.63) is 285 Å². The molecule has 0 amide bonds. The Labute approximate surface area is 475 Å². The number of nitrogens with zero attached hydrogens (tertiary/aromatic N) is 6. The highest BCUT2D eigenvalue weighted by atomic mass is 15.2. The van der Waals surface area contributed by atoms with Crippen LogP contribution in [-0.4, -0.2) is 22.8 Å². The fourth-order valence-electron chi connectivity index (χ4n) is 14.4. The van der Waals surface area contributed by atoms with Gasteiger partial charge in [0.25, 0.3) is 0 Å². The van der Waals surface area contributed by atoms with Crippen molar-refractivity contribution in [2.45, 2.75) is 0 Å². The lowest BCUT2D eigenvalue weighted by molar-refractivity contribution is 1.00. The molecule has 5 aromatic heterocycles. The molecule has 5 heterocycles. The average molecular weight is 1060 g/mol. The summed E-state index contributed by atoms with van der Waals surface area (Å²) in [6, 6.07) is 105. The highest BCUT2D eigenvalue weighted by Gasteiger charge is 2.37. The number of rotatable bonds is 6. The van der Waals surface area contributed by atoms with Crippen LogP contribution in [0.5, 0.6) is 0 Å². The van der Waals surface area contributed by atoms with Gasteiger partial charge in [-0.05, 0) is 77.7 Å². The Kier molecular flexibility index (Phi) is 9.48. The predicted octanol–water partition coefficient (Wildman–Crippen LogP) is 19.9. The van der Waals surface area contributed by atoms with Crippen molar-refractivity contribution in [2.75, 3.05) is 0 Å². The highest BCUT2D eigenvalue weighted by molar-refractivity contribution is 6.22. The molecule has 13 aromatic carbocycles. The summed E-state index contributed by atoms with van der Waals surface area (Å²) >= 11 is 0. The molecule has 0 atom stereocenters. The lowest BCUT2D eigenvalue weighted by Crippen LogP contribution is -2.18. The second-order valence-electron chi connectivity index (χ2n) is 21.8. The van der Waals surface area contributed by atoms with E-state index in [0.29, 0.717) is 5.56 Å². The Hall–Kier alpha value is -11.4. The molecule has 83 heavy (non-hydrogen) atoms. The van der Waals surface area contributed by atoms with Crippen molar-refractivity contribution in [1.29, 1.82) is 5.26 Å². The number of nitriles is 1. The molecule has 18 aromatic rings. The van der Waals surface area contributed by atoms with Crippen LogP contribution in [0.1, 0.15) is 5.56 Å². The van der Waals surface area contributed by atoms with Gasteiger partial charge in [0, 0.05) is 64.8 Å². The molecule has 0 fully saturated rings. The van der Waals surface area contributed by atoms with Gasteiger partial charge in [-0.25, -0.2) is 0 Å². The highest BCUT2D eigenvalue weighted by Crippen LogP contribution is 2.54. The molecule has 0 saturated carbocycles. The zero-order valence-electron chi connectivity index (χ0n) is 44.7. The van der Waals surface area contributed by atoms with Crippen LogP contribution in [0.25, 0.3) is 159 Å². The van der Waals surface area contributed by atoms with E-state index in [0.717, 1.165) is 159 Å². The Morgan fingerprint density at radius 2 is 0.482 bits per heavy atom. The van der Waals surface area contributed by atoms with Gasteiger partial charge in [0.15, 0.2) is 0 Å². The maximum Gasteiger partial charge on any atom is 0.0991 e. The van der Waals surface area contributed by atoms with Crippen molar-refractivity contribution in [1.82, 2.24) is 22.8 Å². The topological polar surface area (TPSA) is 48.4 Å². The maximum atomic E-state index is 10.6. The van der Waals surface area contributed by atoms with Crippen LogP contribution in [0.3, 0.4) is 0 Å². The van der Waals surface area contributed by atoms with Crippen LogP contribution in [0.2, 0.25) is 0 Å². The summed E-state index contributed by atoms with van der Waals surface area (Å²) in [7, 11) is 0. The number of hydrogen-bond acceptors (Lipinski definition) is 1. The zero-order chi connectivity index (χ0) is 54.4. The first-order valence-electron chi connectivity index (χ1n) is 28.3. The molecule has 0 aliphatic carbocycles. The third-order valence-corrected chi connectivity index (χ3v) is 17.7. The van der Waals surface area contributed by atoms with E-state index in [1.807, 2.05) is 12.1 Å². The van der Waals surface area contributed by atoms with E-state index < -0.39 is 0 Å². The van der Waals surface area contributed by atoms with E-state index in [9.17, 15) is 5.26 Å². The fraction of sp³-hybridized carbons (Fsp3) is 0. The van der Waals surface area contributed by atoms with Crippen molar-refractivity contribution < 1.29 is 0 Å². The van der Waals surface area contributed by atoms with Crippen LogP contribution >= 0.6 is 0 Å². The smallest absolute Gasteiger partial charge is 0.0991 e. The number of benzene rings is 13. The Morgan fingerprint density at radius 1 is 0.217 bits per heavy atom. The number of aromatic nitrogens is 5. The van der Waals surface area contributed by atoms with E-state index >= 15 is 0 Å². The SMILES string of the molecule is N#Cc1ccc(-c2c(-n3c4ccccc4c4ccccc43)c(-n3c4ccccc4c4ccccc43)c(-n3c4ccccc4c4ccc5ccccc5c43)c(-n3c4ccccc4c4ccccc43)c2-n2c3ccccc3c3ccccc32)cc1. The third kappa shape index (κ3) is 6.20. The molecular weight excluding hydrogens is 1010 g/mol. The minimum absolute atomic E-state index is 0.588. The third-order valence-electron chi connectivity index (χ3n) is 17.7. The van der Waals surface area contributed by atoms with Gasteiger partial charge in [-0.2, -0.15) is 5.26 Å². The van der Waals surface area contributed by atoms with Gasteiger partial charge in [-0.3, -0.25) is 0 Å². The van der Waals surface area contributed by atoms with Crippen LogP contribution in [0, 0.1) is 11.3 Å².